The van der Waals surface area contributed by atoms with Crippen molar-refractivity contribution in [1.29, 1.82) is 0 Å². The molecular weight excluding hydrogens is 184 g/mol. The summed E-state index contributed by atoms with van der Waals surface area (Å²) in [6, 6.07) is 8.56. The Hall–Kier alpha value is -1.44. The van der Waals surface area contributed by atoms with E-state index in [1.54, 1.807) is 0 Å². The molecule has 0 radical (unpaired) electrons. The van der Waals surface area contributed by atoms with Crippen molar-refractivity contribution in [3.63, 3.8) is 0 Å². The van der Waals surface area contributed by atoms with Gasteiger partial charge in [0.2, 0.25) is 0 Å². The average Bonchev–Trinajstić information content (AvgIpc) is 2.24. The fourth-order valence-electron chi connectivity index (χ4n) is 1.15. The normalized spacial score (nSPS) is 12.0. The van der Waals surface area contributed by atoms with Crippen LogP contribution in [0.4, 0.5) is 0 Å². The van der Waals surface area contributed by atoms with Gasteiger partial charge in [0.25, 0.3) is 0 Å². The van der Waals surface area contributed by atoms with Gasteiger partial charge in [0.15, 0.2) is 0 Å². The predicted molar refractivity (Wildman–Crippen MR) is 67.3 cm³/mol. The van der Waals surface area contributed by atoms with E-state index >= 15 is 0 Å². The average molecular weight is 202 g/mol. The van der Waals surface area contributed by atoms with E-state index in [9.17, 15) is 0 Å². The van der Waals surface area contributed by atoms with Crippen LogP contribution in [-0.4, -0.2) is 25.0 Å². The van der Waals surface area contributed by atoms with Crippen molar-refractivity contribution in [2.45, 2.75) is 26.8 Å². The van der Waals surface area contributed by atoms with Crippen LogP contribution < -0.4 is 0 Å². The van der Waals surface area contributed by atoms with Crippen molar-refractivity contribution >= 4 is 12.4 Å². The smallest absolute Gasteiger partial charge is 0.0443 e. The Bertz CT molecular complexity index is 351. The molecule has 0 aromatic heterocycles. The molecule has 1 aromatic carbocycles. The molecule has 1 rings (SSSR count). The van der Waals surface area contributed by atoms with E-state index < -0.39 is 0 Å². The van der Waals surface area contributed by atoms with E-state index in [1.165, 1.54) is 0 Å². The highest BCUT2D eigenvalue weighted by Crippen LogP contribution is 2.01. The maximum atomic E-state index is 4.35. The molecule has 0 unspecified atom stereocenters. The largest absolute Gasteiger partial charge is 0.293 e. The Morgan fingerprint density at radius 1 is 1.20 bits per heavy atom. The predicted octanol–water partition coefficient (Wildman–Crippen LogP) is 2.95. The quantitative estimate of drug-likeness (QED) is 0.671. The molecule has 0 saturated carbocycles. The monoisotopic (exact) mass is 202 g/mol. The second kappa shape index (κ2) is 6.12. The molecule has 0 spiro atoms. The molecule has 0 N–H and O–H groups in total. The van der Waals surface area contributed by atoms with Gasteiger partial charge in [0, 0.05) is 25.0 Å². The number of nitrogens with zero attached hydrogens (tertiary/aromatic N) is 2. The minimum Gasteiger partial charge on any atom is -0.293 e. The SMILES string of the molecule is CCN=Cc1cccc(C=NC(C)C)c1. The molecule has 0 amide bonds. The third-order valence-electron chi connectivity index (χ3n) is 1.86. The zero-order valence-electron chi connectivity index (χ0n) is 9.64. The molecule has 0 heterocycles. The summed E-state index contributed by atoms with van der Waals surface area (Å²) in [5.74, 6) is 0. The van der Waals surface area contributed by atoms with Crippen LogP contribution in [0.25, 0.3) is 0 Å². The molecule has 1 aromatic rings. The number of rotatable bonds is 4. The first-order chi connectivity index (χ1) is 7.22. The van der Waals surface area contributed by atoms with Crippen LogP contribution in [0, 0.1) is 0 Å². The standard InChI is InChI=1S/C13H18N2/c1-4-14-9-12-6-5-7-13(8-12)10-15-11(2)3/h5-11H,4H2,1-3H3. The summed E-state index contributed by atoms with van der Waals surface area (Å²) in [5.41, 5.74) is 2.26. The Balaban J connectivity index is 2.78. The molecule has 80 valence electrons. The highest BCUT2D eigenvalue weighted by Gasteiger charge is 1.91. The maximum Gasteiger partial charge on any atom is 0.0443 e. The molecule has 2 heteroatoms. The van der Waals surface area contributed by atoms with E-state index in [0.717, 1.165) is 17.7 Å². The van der Waals surface area contributed by atoms with Gasteiger partial charge < -0.3 is 0 Å². The molecule has 0 bridgehead atoms. The van der Waals surface area contributed by atoms with Gasteiger partial charge >= 0.3 is 0 Å². The van der Waals surface area contributed by atoms with Crippen molar-refractivity contribution in [3.05, 3.63) is 35.4 Å². The van der Waals surface area contributed by atoms with E-state index in [-0.39, 0.29) is 0 Å². The van der Waals surface area contributed by atoms with E-state index in [1.807, 2.05) is 31.5 Å². The van der Waals surface area contributed by atoms with Crippen LogP contribution in [-0.2, 0) is 0 Å². The van der Waals surface area contributed by atoms with Gasteiger partial charge in [0.1, 0.15) is 0 Å². The van der Waals surface area contributed by atoms with E-state index in [2.05, 4.69) is 36.0 Å². The lowest BCUT2D eigenvalue weighted by Crippen LogP contribution is -1.91. The summed E-state index contributed by atoms with van der Waals surface area (Å²) in [6.45, 7) is 6.99. The van der Waals surface area contributed by atoms with Crippen LogP contribution in [0.3, 0.4) is 0 Å². The maximum absolute atomic E-state index is 4.35. The van der Waals surface area contributed by atoms with Crippen molar-refractivity contribution in [1.82, 2.24) is 0 Å². The Kier molecular flexibility index (Phi) is 4.75. The Morgan fingerprint density at radius 3 is 2.47 bits per heavy atom. The summed E-state index contributed by atoms with van der Waals surface area (Å²) in [6.07, 6.45) is 3.81. The molecule has 0 fully saturated rings. The number of benzene rings is 1. The fraction of sp³-hybridized carbons (Fsp3) is 0.385. The number of hydrogen-bond acceptors (Lipinski definition) is 2. The highest BCUT2D eigenvalue weighted by atomic mass is 14.7. The van der Waals surface area contributed by atoms with Gasteiger partial charge in [-0.2, -0.15) is 0 Å². The lowest BCUT2D eigenvalue weighted by Gasteiger charge is -1.97. The third kappa shape index (κ3) is 4.54. The summed E-state index contributed by atoms with van der Waals surface area (Å²) in [5, 5.41) is 0. The zero-order chi connectivity index (χ0) is 11.1. The van der Waals surface area contributed by atoms with Crippen LogP contribution in [0.2, 0.25) is 0 Å². The van der Waals surface area contributed by atoms with E-state index in [0.29, 0.717) is 6.04 Å². The van der Waals surface area contributed by atoms with Gasteiger partial charge in [-0.05, 0) is 38.0 Å². The second-order valence-corrected chi connectivity index (χ2v) is 3.67. The van der Waals surface area contributed by atoms with Crippen molar-refractivity contribution in [3.8, 4) is 0 Å². The zero-order valence-corrected chi connectivity index (χ0v) is 9.64. The van der Waals surface area contributed by atoms with Gasteiger partial charge in [0.05, 0.1) is 0 Å². The van der Waals surface area contributed by atoms with Crippen LogP contribution in [0.15, 0.2) is 34.3 Å². The fourth-order valence-corrected chi connectivity index (χ4v) is 1.15. The lowest BCUT2D eigenvalue weighted by molar-refractivity contribution is 0.841. The molecule has 0 atom stereocenters. The number of aliphatic imine (C=N–C) groups is 2. The molecule has 2 nitrogen and oxygen atoms in total. The first-order valence-corrected chi connectivity index (χ1v) is 5.35. The second-order valence-electron chi connectivity index (χ2n) is 3.67. The topological polar surface area (TPSA) is 24.7 Å². The van der Waals surface area contributed by atoms with Crippen LogP contribution in [0.1, 0.15) is 31.9 Å². The van der Waals surface area contributed by atoms with Gasteiger partial charge in [-0.1, -0.05) is 18.2 Å². The molecule has 0 aliphatic rings. The van der Waals surface area contributed by atoms with Crippen molar-refractivity contribution in [2.24, 2.45) is 9.98 Å². The van der Waals surface area contributed by atoms with Crippen molar-refractivity contribution in [2.75, 3.05) is 6.54 Å². The first-order valence-electron chi connectivity index (χ1n) is 5.35. The van der Waals surface area contributed by atoms with Gasteiger partial charge in [-0.25, -0.2) is 0 Å². The van der Waals surface area contributed by atoms with Crippen LogP contribution in [0.5, 0.6) is 0 Å². The third-order valence-corrected chi connectivity index (χ3v) is 1.86. The first kappa shape index (κ1) is 11.6. The van der Waals surface area contributed by atoms with Gasteiger partial charge in [-0.15, -0.1) is 0 Å². The minimum atomic E-state index is 0.345. The number of hydrogen-bond donors (Lipinski definition) is 0. The molecule has 0 aliphatic heterocycles. The van der Waals surface area contributed by atoms with E-state index in [4.69, 9.17) is 0 Å². The molecule has 15 heavy (non-hydrogen) atoms. The minimum absolute atomic E-state index is 0.345. The summed E-state index contributed by atoms with van der Waals surface area (Å²) in [4.78, 5) is 8.56. The summed E-state index contributed by atoms with van der Waals surface area (Å²) < 4.78 is 0. The Morgan fingerprint density at radius 2 is 1.87 bits per heavy atom. The lowest BCUT2D eigenvalue weighted by atomic mass is 10.1. The Labute approximate surface area is 91.8 Å². The summed E-state index contributed by atoms with van der Waals surface area (Å²) >= 11 is 0. The molecule has 0 saturated heterocycles. The summed E-state index contributed by atoms with van der Waals surface area (Å²) in [7, 11) is 0. The van der Waals surface area contributed by atoms with Gasteiger partial charge in [-0.3, -0.25) is 9.98 Å². The molecule has 0 aliphatic carbocycles. The molecular formula is C13H18N2. The van der Waals surface area contributed by atoms with Crippen LogP contribution >= 0.6 is 0 Å². The van der Waals surface area contributed by atoms with Crippen molar-refractivity contribution < 1.29 is 0 Å². The highest BCUT2D eigenvalue weighted by molar-refractivity contribution is 5.86.